The lowest BCUT2D eigenvalue weighted by Crippen LogP contribution is -2.50. The summed E-state index contributed by atoms with van der Waals surface area (Å²) in [7, 11) is 1.66. The largest absolute Gasteiger partial charge is 0.496 e. The molecule has 31 heavy (non-hydrogen) atoms. The standard InChI is InChI=1S/C23H30BrN3O3S/c1-29-21-4-2-17(16-20(21)24)3-5-22(28)27-11-6-18(7-12-27)26-13-8-19(9-14-26)30-23-25-10-15-31-23/h2,4,10,15-16,18-19H,3,5-9,11-14H2,1H3. The summed E-state index contributed by atoms with van der Waals surface area (Å²) in [6.07, 6.45) is 7.63. The van der Waals surface area contributed by atoms with Crippen molar-refractivity contribution in [2.24, 2.45) is 0 Å². The molecule has 2 aliphatic rings. The molecule has 1 aromatic heterocycles. The predicted molar refractivity (Wildman–Crippen MR) is 126 cm³/mol. The molecule has 0 radical (unpaired) electrons. The zero-order chi connectivity index (χ0) is 21.6. The van der Waals surface area contributed by atoms with Crippen molar-refractivity contribution >= 4 is 33.2 Å². The van der Waals surface area contributed by atoms with E-state index in [1.165, 1.54) is 0 Å². The van der Waals surface area contributed by atoms with Crippen LogP contribution in [-0.4, -0.2) is 66.1 Å². The number of amides is 1. The van der Waals surface area contributed by atoms with E-state index in [4.69, 9.17) is 9.47 Å². The summed E-state index contributed by atoms with van der Waals surface area (Å²) in [5, 5.41) is 2.74. The van der Waals surface area contributed by atoms with Gasteiger partial charge in [0.1, 0.15) is 11.9 Å². The van der Waals surface area contributed by atoms with Gasteiger partial charge in [0.15, 0.2) is 0 Å². The predicted octanol–water partition coefficient (Wildman–Crippen LogP) is 4.38. The Balaban J connectivity index is 1.17. The van der Waals surface area contributed by atoms with Gasteiger partial charge in [0.25, 0.3) is 5.19 Å². The summed E-state index contributed by atoms with van der Waals surface area (Å²) in [5.41, 5.74) is 1.15. The molecule has 0 spiro atoms. The fourth-order valence-electron chi connectivity index (χ4n) is 4.53. The number of hydrogen-bond donors (Lipinski definition) is 0. The molecule has 8 heteroatoms. The third-order valence-electron chi connectivity index (χ3n) is 6.33. The van der Waals surface area contributed by atoms with Gasteiger partial charge in [-0.3, -0.25) is 9.69 Å². The van der Waals surface area contributed by atoms with E-state index in [1.807, 2.05) is 28.5 Å². The molecule has 2 aliphatic heterocycles. The van der Waals surface area contributed by atoms with Gasteiger partial charge in [0.2, 0.25) is 5.91 Å². The molecule has 0 aliphatic carbocycles. The van der Waals surface area contributed by atoms with Crippen LogP contribution >= 0.6 is 27.3 Å². The van der Waals surface area contributed by atoms with Gasteiger partial charge in [-0.25, -0.2) is 4.98 Å². The molecule has 0 unspecified atom stereocenters. The Morgan fingerprint density at radius 3 is 2.61 bits per heavy atom. The fraction of sp³-hybridized carbons (Fsp3) is 0.565. The van der Waals surface area contributed by atoms with Crippen LogP contribution < -0.4 is 9.47 Å². The number of benzene rings is 1. The Labute approximate surface area is 196 Å². The molecule has 0 saturated carbocycles. The number of rotatable bonds is 7. The molecular formula is C23H30BrN3O3S. The van der Waals surface area contributed by atoms with E-state index in [2.05, 4.69) is 25.8 Å². The van der Waals surface area contributed by atoms with Crippen molar-refractivity contribution in [3.05, 3.63) is 39.8 Å². The molecule has 0 N–H and O–H groups in total. The second-order valence-corrected chi connectivity index (χ2v) is 9.94. The molecule has 1 amide bonds. The number of carbonyl (C=O) groups excluding carboxylic acids is 1. The van der Waals surface area contributed by atoms with Gasteiger partial charge in [0.05, 0.1) is 11.6 Å². The number of halogens is 1. The highest BCUT2D eigenvalue weighted by Crippen LogP contribution is 2.27. The van der Waals surface area contributed by atoms with Crippen molar-refractivity contribution in [3.63, 3.8) is 0 Å². The zero-order valence-electron chi connectivity index (χ0n) is 18.0. The monoisotopic (exact) mass is 507 g/mol. The van der Waals surface area contributed by atoms with E-state index >= 15 is 0 Å². The molecule has 2 fully saturated rings. The van der Waals surface area contributed by atoms with Crippen LogP contribution in [0.3, 0.4) is 0 Å². The van der Waals surface area contributed by atoms with Gasteiger partial charge < -0.3 is 14.4 Å². The van der Waals surface area contributed by atoms with Crippen LogP contribution in [0.4, 0.5) is 0 Å². The third kappa shape index (κ3) is 5.99. The topological polar surface area (TPSA) is 54.9 Å². The van der Waals surface area contributed by atoms with Crippen molar-refractivity contribution < 1.29 is 14.3 Å². The first kappa shape index (κ1) is 22.6. The number of aryl methyl sites for hydroxylation is 1. The maximum absolute atomic E-state index is 12.7. The van der Waals surface area contributed by atoms with Crippen LogP contribution in [0.5, 0.6) is 10.9 Å². The van der Waals surface area contributed by atoms with Crippen molar-refractivity contribution in [2.45, 2.75) is 50.7 Å². The molecular weight excluding hydrogens is 478 g/mol. The van der Waals surface area contributed by atoms with Crippen molar-refractivity contribution in [3.8, 4) is 10.9 Å². The lowest BCUT2D eigenvalue weighted by atomic mass is 9.98. The number of ether oxygens (including phenoxy) is 2. The van der Waals surface area contributed by atoms with Gasteiger partial charge in [0, 0.05) is 50.2 Å². The lowest BCUT2D eigenvalue weighted by Gasteiger charge is -2.41. The Kier molecular flexibility index (Phi) is 7.85. The molecule has 3 heterocycles. The van der Waals surface area contributed by atoms with E-state index in [1.54, 1.807) is 24.6 Å². The summed E-state index contributed by atoms with van der Waals surface area (Å²) in [6, 6.07) is 6.61. The Morgan fingerprint density at radius 2 is 1.97 bits per heavy atom. The van der Waals surface area contributed by atoms with Crippen molar-refractivity contribution in [1.29, 1.82) is 0 Å². The first-order valence-electron chi connectivity index (χ1n) is 11.0. The molecule has 1 aromatic carbocycles. The van der Waals surface area contributed by atoms with Gasteiger partial charge in [-0.1, -0.05) is 17.4 Å². The van der Waals surface area contributed by atoms with E-state index in [0.717, 1.165) is 79.3 Å². The lowest BCUT2D eigenvalue weighted by molar-refractivity contribution is -0.132. The highest BCUT2D eigenvalue weighted by atomic mass is 79.9. The number of thiazole rings is 1. The van der Waals surface area contributed by atoms with Crippen LogP contribution in [0, 0.1) is 0 Å². The van der Waals surface area contributed by atoms with Crippen molar-refractivity contribution in [1.82, 2.24) is 14.8 Å². The SMILES string of the molecule is COc1ccc(CCC(=O)N2CCC(N3CCC(Oc4nccs4)CC3)CC2)cc1Br. The zero-order valence-corrected chi connectivity index (χ0v) is 20.4. The normalized spacial score (nSPS) is 18.8. The second-order valence-electron chi connectivity index (χ2n) is 8.23. The number of methoxy groups -OCH3 is 1. The van der Waals surface area contributed by atoms with Crippen LogP contribution in [0.2, 0.25) is 0 Å². The summed E-state index contributed by atoms with van der Waals surface area (Å²) >= 11 is 5.08. The van der Waals surface area contributed by atoms with E-state index < -0.39 is 0 Å². The highest BCUT2D eigenvalue weighted by Gasteiger charge is 2.30. The Morgan fingerprint density at radius 1 is 1.19 bits per heavy atom. The Hall–Kier alpha value is -1.64. The van der Waals surface area contributed by atoms with Gasteiger partial charge in [-0.2, -0.15) is 0 Å². The molecule has 0 bridgehead atoms. The average molecular weight is 508 g/mol. The number of hydrogen-bond acceptors (Lipinski definition) is 6. The number of aromatic nitrogens is 1. The fourth-order valence-corrected chi connectivity index (χ4v) is 5.66. The van der Waals surface area contributed by atoms with E-state index in [9.17, 15) is 4.79 Å². The minimum Gasteiger partial charge on any atom is -0.496 e. The molecule has 6 nitrogen and oxygen atoms in total. The highest BCUT2D eigenvalue weighted by molar-refractivity contribution is 9.10. The van der Waals surface area contributed by atoms with E-state index in [-0.39, 0.29) is 12.0 Å². The summed E-state index contributed by atoms with van der Waals surface area (Å²) in [5.74, 6) is 1.08. The van der Waals surface area contributed by atoms with Crippen LogP contribution in [0.15, 0.2) is 34.2 Å². The summed E-state index contributed by atoms with van der Waals surface area (Å²) in [6.45, 7) is 3.87. The summed E-state index contributed by atoms with van der Waals surface area (Å²) < 4.78 is 12.2. The second kappa shape index (κ2) is 10.8. The average Bonchev–Trinajstić information content (AvgIpc) is 3.31. The first-order valence-corrected chi connectivity index (χ1v) is 12.7. The molecule has 2 aromatic rings. The minimum atomic E-state index is 0.265. The van der Waals surface area contributed by atoms with Crippen LogP contribution in [0.1, 0.15) is 37.7 Å². The smallest absolute Gasteiger partial charge is 0.273 e. The molecule has 2 saturated heterocycles. The van der Waals surface area contributed by atoms with Crippen molar-refractivity contribution in [2.75, 3.05) is 33.3 Å². The number of likely N-dealkylation sites (tertiary alicyclic amines) is 2. The molecule has 4 rings (SSSR count). The Bertz CT molecular complexity index is 848. The number of nitrogens with zero attached hydrogens (tertiary/aromatic N) is 3. The number of piperidine rings is 2. The summed E-state index contributed by atoms with van der Waals surface area (Å²) in [4.78, 5) is 21.6. The van der Waals surface area contributed by atoms with Gasteiger partial charge >= 0.3 is 0 Å². The van der Waals surface area contributed by atoms with Gasteiger partial charge in [-0.15, -0.1) is 0 Å². The van der Waals surface area contributed by atoms with E-state index in [0.29, 0.717) is 12.5 Å². The minimum absolute atomic E-state index is 0.265. The quantitative estimate of drug-likeness (QED) is 0.556. The first-order chi connectivity index (χ1) is 15.1. The molecule has 0 atom stereocenters. The maximum Gasteiger partial charge on any atom is 0.273 e. The third-order valence-corrected chi connectivity index (χ3v) is 7.61. The number of carbonyl (C=O) groups is 1. The van der Waals surface area contributed by atoms with Crippen LogP contribution in [-0.2, 0) is 11.2 Å². The maximum atomic E-state index is 12.7. The molecule has 168 valence electrons. The van der Waals surface area contributed by atoms with Crippen LogP contribution in [0.25, 0.3) is 0 Å². The van der Waals surface area contributed by atoms with Gasteiger partial charge in [-0.05, 0) is 65.7 Å².